The highest BCUT2D eigenvalue weighted by atomic mass is 35.5. The van der Waals surface area contributed by atoms with Gasteiger partial charge in [0.25, 0.3) is 0 Å². The van der Waals surface area contributed by atoms with Gasteiger partial charge in [-0.1, -0.05) is 34.8 Å². The molecule has 0 amide bonds. The normalized spacial score (nSPS) is 19.3. The maximum Gasteiger partial charge on any atom is 0.166 e. The van der Waals surface area contributed by atoms with Gasteiger partial charge >= 0.3 is 0 Å². The SMILES string of the molecule is N#Cc1nn(-c2c(Cl)cc(Cl)cc2Cl)cc1C1CC1(Cl)Cl. The van der Waals surface area contributed by atoms with E-state index in [9.17, 15) is 5.26 Å². The predicted octanol–water partition coefficient (Wildman–Crippen LogP) is 5.37. The summed E-state index contributed by atoms with van der Waals surface area (Å²) in [4.78, 5) is 0. The minimum Gasteiger partial charge on any atom is -0.236 e. The van der Waals surface area contributed by atoms with E-state index in [1.165, 1.54) is 4.68 Å². The van der Waals surface area contributed by atoms with Crippen LogP contribution in [-0.4, -0.2) is 14.1 Å². The van der Waals surface area contributed by atoms with Crippen LogP contribution in [-0.2, 0) is 0 Å². The first-order valence-corrected chi connectivity index (χ1v) is 7.75. The Morgan fingerprint density at radius 1 is 1.24 bits per heavy atom. The Morgan fingerprint density at radius 2 is 1.81 bits per heavy atom. The van der Waals surface area contributed by atoms with E-state index in [1.807, 2.05) is 6.07 Å². The molecule has 1 fully saturated rings. The van der Waals surface area contributed by atoms with Crippen molar-refractivity contribution in [3.8, 4) is 11.8 Å². The van der Waals surface area contributed by atoms with Gasteiger partial charge < -0.3 is 0 Å². The Kier molecular flexibility index (Phi) is 3.80. The van der Waals surface area contributed by atoms with Crippen LogP contribution in [0.5, 0.6) is 0 Å². The Hall–Kier alpha value is -0.630. The van der Waals surface area contributed by atoms with Crippen molar-refractivity contribution in [2.45, 2.75) is 16.7 Å². The molecule has 0 bridgehead atoms. The Labute approximate surface area is 145 Å². The van der Waals surface area contributed by atoms with E-state index < -0.39 is 4.33 Å². The third kappa shape index (κ3) is 2.72. The summed E-state index contributed by atoms with van der Waals surface area (Å²) in [7, 11) is 0. The zero-order chi connectivity index (χ0) is 15.4. The van der Waals surface area contributed by atoms with Gasteiger partial charge in [0.2, 0.25) is 0 Å². The van der Waals surface area contributed by atoms with Gasteiger partial charge in [-0.2, -0.15) is 10.4 Å². The molecule has 1 heterocycles. The van der Waals surface area contributed by atoms with Crippen LogP contribution in [0.2, 0.25) is 15.1 Å². The molecule has 1 saturated carbocycles. The molecule has 1 aliphatic carbocycles. The van der Waals surface area contributed by atoms with Crippen molar-refractivity contribution in [2.24, 2.45) is 0 Å². The van der Waals surface area contributed by atoms with Crippen LogP contribution in [0.4, 0.5) is 0 Å². The monoisotopic (exact) mass is 379 g/mol. The van der Waals surface area contributed by atoms with E-state index in [2.05, 4.69) is 5.10 Å². The summed E-state index contributed by atoms with van der Waals surface area (Å²) >= 11 is 30.3. The molecular weight excluding hydrogens is 375 g/mol. The number of nitrogens with zero attached hydrogens (tertiary/aromatic N) is 3. The van der Waals surface area contributed by atoms with Crippen LogP contribution in [0.3, 0.4) is 0 Å². The molecule has 3 rings (SSSR count). The summed E-state index contributed by atoms with van der Waals surface area (Å²) in [6.45, 7) is 0. The van der Waals surface area contributed by atoms with E-state index in [1.54, 1.807) is 18.3 Å². The number of alkyl halides is 2. The van der Waals surface area contributed by atoms with E-state index in [-0.39, 0.29) is 11.6 Å². The molecule has 1 aromatic carbocycles. The average Bonchev–Trinajstić information content (AvgIpc) is 2.82. The molecule has 1 unspecified atom stereocenters. The van der Waals surface area contributed by atoms with E-state index >= 15 is 0 Å². The number of hydrogen-bond acceptors (Lipinski definition) is 2. The zero-order valence-electron chi connectivity index (χ0n) is 10.2. The molecule has 0 radical (unpaired) electrons. The first kappa shape index (κ1) is 15.3. The van der Waals surface area contributed by atoms with Crippen LogP contribution >= 0.6 is 58.0 Å². The highest BCUT2D eigenvalue weighted by molar-refractivity contribution is 6.51. The van der Waals surface area contributed by atoms with Crippen molar-refractivity contribution >= 4 is 58.0 Å². The van der Waals surface area contributed by atoms with E-state index in [0.717, 1.165) is 0 Å². The van der Waals surface area contributed by atoms with Gasteiger partial charge in [-0.3, -0.25) is 0 Å². The lowest BCUT2D eigenvalue weighted by Crippen LogP contribution is -1.97. The smallest absolute Gasteiger partial charge is 0.166 e. The predicted molar refractivity (Wildman–Crippen MR) is 85.1 cm³/mol. The van der Waals surface area contributed by atoms with Gasteiger partial charge in [0.1, 0.15) is 16.1 Å². The van der Waals surface area contributed by atoms with Gasteiger partial charge in [-0.15, -0.1) is 23.2 Å². The highest BCUT2D eigenvalue weighted by Crippen LogP contribution is 2.60. The topological polar surface area (TPSA) is 41.6 Å². The molecule has 21 heavy (non-hydrogen) atoms. The molecule has 1 aliphatic rings. The standard InChI is InChI=1S/C13H6Cl5N3/c14-6-1-9(15)12(10(16)2-6)21-5-7(11(4-19)20-21)8-3-13(8,17)18/h1-2,5,8H,3H2. The fourth-order valence-corrected chi connectivity index (χ4v) is 3.68. The van der Waals surface area contributed by atoms with Gasteiger partial charge in [-0.05, 0) is 18.6 Å². The summed E-state index contributed by atoms with van der Waals surface area (Å²) in [5.74, 6) is -0.117. The maximum absolute atomic E-state index is 9.21. The number of nitriles is 1. The summed E-state index contributed by atoms with van der Waals surface area (Å²) in [6.07, 6.45) is 2.26. The summed E-state index contributed by atoms with van der Waals surface area (Å²) < 4.78 is 0.615. The number of benzene rings is 1. The van der Waals surface area contributed by atoms with Crippen LogP contribution in [0.1, 0.15) is 23.6 Å². The van der Waals surface area contributed by atoms with E-state index in [4.69, 9.17) is 58.0 Å². The van der Waals surface area contributed by atoms with Crippen molar-refractivity contribution in [1.82, 2.24) is 9.78 Å². The molecule has 0 spiro atoms. The average molecular weight is 381 g/mol. The van der Waals surface area contributed by atoms with Gasteiger partial charge in [-0.25, -0.2) is 4.68 Å². The van der Waals surface area contributed by atoms with Crippen molar-refractivity contribution < 1.29 is 0 Å². The van der Waals surface area contributed by atoms with E-state index in [0.29, 0.717) is 32.7 Å². The molecular formula is C13H6Cl5N3. The first-order chi connectivity index (χ1) is 9.83. The molecule has 0 saturated heterocycles. The lowest BCUT2D eigenvalue weighted by molar-refractivity contribution is 0.873. The molecule has 2 aromatic rings. The fraction of sp³-hybridized carbons (Fsp3) is 0.231. The second-order valence-electron chi connectivity index (χ2n) is 4.73. The Balaban J connectivity index is 2.12. The highest BCUT2D eigenvalue weighted by Gasteiger charge is 2.54. The third-order valence-corrected chi connectivity index (χ3v) is 4.89. The van der Waals surface area contributed by atoms with Crippen LogP contribution < -0.4 is 0 Å². The number of rotatable bonds is 2. The summed E-state index contributed by atoms with van der Waals surface area (Å²) in [5.41, 5.74) is 1.40. The van der Waals surface area contributed by atoms with Gasteiger partial charge in [0.15, 0.2) is 5.69 Å². The fourth-order valence-electron chi connectivity index (χ4n) is 2.15. The number of aromatic nitrogens is 2. The van der Waals surface area contributed by atoms with Crippen LogP contribution in [0.25, 0.3) is 5.69 Å². The first-order valence-electron chi connectivity index (χ1n) is 5.86. The van der Waals surface area contributed by atoms with Crippen LogP contribution in [0, 0.1) is 11.3 Å². The minimum absolute atomic E-state index is 0.117. The molecule has 1 aromatic heterocycles. The molecule has 108 valence electrons. The van der Waals surface area contributed by atoms with Crippen LogP contribution in [0.15, 0.2) is 18.3 Å². The van der Waals surface area contributed by atoms with Crippen molar-refractivity contribution in [3.63, 3.8) is 0 Å². The van der Waals surface area contributed by atoms with Crippen molar-refractivity contribution in [1.29, 1.82) is 5.26 Å². The number of hydrogen-bond donors (Lipinski definition) is 0. The minimum atomic E-state index is -0.840. The second kappa shape index (κ2) is 5.22. The Morgan fingerprint density at radius 3 is 2.29 bits per heavy atom. The summed E-state index contributed by atoms with van der Waals surface area (Å²) in [5, 5.41) is 14.5. The maximum atomic E-state index is 9.21. The van der Waals surface area contributed by atoms with Crippen molar-refractivity contribution in [2.75, 3.05) is 0 Å². The molecule has 3 nitrogen and oxygen atoms in total. The molecule has 0 N–H and O–H groups in total. The third-order valence-electron chi connectivity index (χ3n) is 3.26. The second-order valence-corrected chi connectivity index (χ2v) is 7.52. The quantitative estimate of drug-likeness (QED) is 0.657. The van der Waals surface area contributed by atoms with Gasteiger partial charge in [0.05, 0.1) is 10.0 Å². The molecule has 8 heteroatoms. The number of halogens is 5. The largest absolute Gasteiger partial charge is 0.236 e. The zero-order valence-corrected chi connectivity index (χ0v) is 14.0. The molecule has 1 atom stereocenters. The van der Waals surface area contributed by atoms with Crippen molar-refractivity contribution in [3.05, 3.63) is 44.7 Å². The van der Waals surface area contributed by atoms with Gasteiger partial charge in [0, 0.05) is 22.7 Å². The Bertz CT molecular complexity index is 752. The lowest BCUT2D eigenvalue weighted by Gasteiger charge is -2.07. The summed E-state index contributed by atoms with van der Waals surface area (Å²) in [6, 6.07) is 5.15. The molecule has 0 aliphatic heterocycles. The lowest BCUT2D eigenvalue weighted by atomic mass is 10.2.